The molecule has 1 amide bonds. The van der Waals surface area contributed by atoms with Gasteiger partial charge in [0.15, 0.2) is 5.82 Å². The maximum absolute atomic E-state index is 12.6. The van der Waals surface area contributed by atoms with E-state index in [1.54, 1.807) is 23.3 Å². The SMILES string of the molecule is CCN(Cc1ccccc1)C(=O)CSc1nccnc1-n1cccn1. The molecule has 0 atom stereocenters. The summed E-state index contributed by atoms with van der Waals surface area (Å²) in [4.78, 5) is 23.1. The van der Waals surface area contributed by atoms with Gasteiger partial charge in [-0.1, -0.05) is 42.1 Å². The second-order valence-corrected chi connectivity index (χ2v) is 6.28. The summed E-state index contributed by atoms with van der Waals surface area (Å²) in [5.74, 6) is 1.03. The van der Waals surface area contributed by atoms with Crippen LogP contribution in [0.4, 0.5) is 0 Å². The van der Waals surface area contributed by atoms with Crippen LogP contribution in [0.1, 0.15) is 12.5 Å². The van der Waals surface area contributed by atoms with E-state index in [9.17, 15) is 4.79 Å². The fourth-order valence-corrected chi connectivity index (χ4v) is 3.23. The lowest BCUT2D eigenvalue weighted by Gasteiger charge is -2.21. The molecule has 3 rings (SSSR count). The summed E-state index contributed by atoms with van der Waals surface area (Å²) in [6.07, 6.45) is 6.74. The second-order valence-electron chi connectivity index (χ2n) is 5.32. The molecule has 6 nitrogen and oxygen atoms in total. The Morgan fingerprint density at radius 1 is 1.12 bits per heavy atom. The van der Waals surface area contributed by atoms with Crippen molar-refractivity contribution in [3.05, 3.63) is 66.7 Å². The van der Waals surface area contributed by atoms with E-state index < -0.39 is 0 Å². The van der Waals surface area contributed by atoms with Crippen molar-refractivity contribution in [1.82, 2.24) is 24.6 Å². The summed E-state index contributed by atoms with van der Waals surface area (Å²) in [6, 6.07) is 11.8. The van der Waals surface area contributed by atoms with Crippen LogP contribution in [0.25, 0.3) is 5.82 Å². The highest BCUT2D eigenvalue weighted by Gasteiger charge is 2.15. The van der Waals surface area contributed by atoms with Crippen molar-refractivity contribution in [2.24, 2.45) is 0 Å². The number of aromatic nitrogens is 4. The highest BCUT2D eigenvalue weighted by molar-refractivity contribution is 8.00. The van der Waals surface area contributed by atoms with Gasteiger partial charge in [-0.05, 0) is 18.6 Å². The van der Waals surface area contributed by atoms with Gasteiger partial charge in [-0.15, -0.1) is 0 Å². The molecule has 25 heavy (non-hydrogen) atoms. The fraction of sp³-hybridized carbons (Fsp3) is 0.222. The van der Waals surface area contributed by atoms with E-state index in [1.165, 1.54) is 11.8 Å². The number of nitrogens with zero attached hydrogens (tertiary/aromatic N) is 5. The molecule has 0 unspecified atom stereocenters. The molecule has 128 valence electrons. The van der Waals surface area contributed by atoms with Gasteiger partial charge in [0.05, 0.1) is 5.75 Å². The minimum Gasteiger partial charge on any atom is -0.338 e. The predicted octanol–water partition coefficient (Wildman–Crippen LogP) is 2.80. The average molecular weight is 353 g/mol. The van der Waals surface area contributed by atoms with Crippen LogP contribution in [0, 0.1) is 0 Å². The van der Waals surface area contributed by atoms with Gasteiger partial charge in [0.1, 0.15) is 5.03 Å². The first-order valence-corrected chi connectivity index (χ1v) is 9.02. The first-order chi connectivity index (χ1) is 12.3. The van der Waals surface area contributed by atoms with Crippen molar-refractivity contribution in [3.8, 4) is 5.82 Å². The Kier molecular flexibility index (Phi) is 5.79. The van der Waals surface area contributed by atoms with Crippen molar-refractivity contribution in [3.63, 3.8) is 0 Å². The lowest BCUT2D eigenvalue weighted by atomic mass is 10.2. The topological polar surface area (TPSA) is 63.9 Å². The van der Waals surface area contributed by atoms with Crippen molar-refractivity contribution in [2.45, 2.75) is 18.5 Å². The number of hydrogen-bond acceptors (Lipinski definition) is 5. The van der Waals surface area contributed by atoms with E-state index in [1.807, 2.05) is 54.4 Å². The van der Waals surface area contributed by atoms with Crippen molar-refractivity contribution < 1.29 is 4.79 Å². The van der Waals surface area contributed by atoms with Crippen LogP contribution < -0.4 is 0 Å². The van der Waals surface area contributed by atoms with Gasteiger partial charge in [0.2, 0.25) is 5.91 Å². The molecular weight excluding hydrogens is 334 g/mol. The van der Waals surface area contributed by atoms with E-state index in [-0.39, 0.29) is 5.91 Å². The van der Waals surface area contributed by atoms with Crippen LogP contribution in [0.2, 0.25) is 0 Å². The molecule has 0 fully saturated rings. The first kappa shape index (κ1) is 17.2. The van der Waals surface area contributed by atoms with Gasteiger partial charge >= 0.3 is 0 Å². The third-order valence-electron chi connectivity index (χ3n) is 3.65. The Morgan fingerprint density at radius 3 is 2.64 bits per heavy atom. The molecule has 0 aliphatic carbocycles. The van der Waals surface area contributed by atoms with Crippen LogP contribution in [0.3, 0.4) is 0 Å². The molecule has 0 spiro atoms. The molecule has 2 heterocycles. The standard InChI is InChI=1S/C18H19N5OS/c1-2-22(13-15-7-4-3-5-8-15)16(24)14-25-18-17(19-10-11-20-18)23-12-6-9-21-23/h3-12H,2,13-14H2,1H3. The summed E-state index contributed by atoms with van der Waals surface area (Å²) >= 11 is 1.38. The Labute approximate surface area is 150 Å². The van der Waals surface area contributed by atoms with Crippen LogP contribution >= 0.6 is 11.8 Å². The summed E-state index contributed by atoms with van der Waals surface area (Å²) in [7, 11) is 0. The highest BCUT2D eigenvalue weighted by Crippen LogP contribution is 2.21. The Bertz CT molecular complexity index is 807. The van der Waals surface area contributed by atoms with Gasteiger partial charge in [-0.2, -0.15) is 5.10 Å². The summed E-state index contributed by atoms with van der Waals surface area (Å²) in [5, 5.41) is 4.88. The van der Waals surface area contributed by atoms with Gasteiger partial charge in [-0.3, -0.25) is 4.79 Å². The van der Waals surface area contributed by atoms with Crippen LogP contribution in [-0.2, 0) is 11.3 Å². The largest absolute Gasteiger partial charge is 0.338 e. The summed E-state index contributed by atoms with van der Waals surface area (Å²) in [5.41, 5.74) is 1.12. The van der Waals surface area contributed by atoms with Crippen molar-refractivity contribution in [2.75, 3.05) is 12.3 Å². The quantitative estimate of drug-likeness (QED) is 0.611. The van der Waals surface area contributed by atoms with Gasteiger partial charge in [-0.25, -0.2) is 14.6 Å². The monoisotopic (exact) mass is 353 g/mol. The van der Waals surface area contributed by atoms with E-state index in [0.717, 1.165) is 5.56 Å². The summed E-state index contributed by atoms with van der Waals surface area (Å²) < 4.78 is 1.65. The van der Waals surface area contributed by atoms with E-state index in [4.69, 9.17) is 0 Å². The molecule has 0 aliphatic heterocycles. The Morgan fingerprint density at radius 2 is 1.92 bits per heavy atom. The van der Waals surface area contributed by atoms with E-state index >= 15 is 0 Å². The van der Waals surface area contributed by atoms with Crippen molar-refractivity contribution >= 4 is 17.7 Å². The van der Waals surface area contributed by atoms with Gasteiger partial charge < -0.3 is 4.90 Å². The zero-order valence-corrected chi connectivity index (χ0v) is 14.8. The minimum atomic E-state index is 0.0772. The minimum absolute atomic E-state index is 0.0772. The maximum Gasteiger partial charge on any atom is 0.233 e. The number of benzene rings is 1. The van der Waals surface area contributed by atoms with Gasteiger partial charge in [0.25, 0.3) is 0 Å². The molecule has 0 radical (unpaired) electrons. The van der Waals surface area contributed by atoms with Gasteiger partial charge in [0, 0.05) is 37.9 Å². The number of amides is 1. The number of hydrogen-bond donors (Lipinski definition) is 0. The highest BCUT2D eigenvalue weighted by atomic mass is 32.2. The normalized spacial score (nSPS) is 10.6. The van der Waals surface area contributed by atoms with Crippen LogP contribution in [0.15, 0.2) is 66.2 Å². The van der Waals surface area contributed by atoms with E-state index in [2.05, 4.69) is 15.1 Å². The molecule has 0 N–H and O–H groups in total. The zero-order chi connectivity index (χ0) is 17.5. The molecule has 3 aromatic rings. The Hall–Kier alpha value is -2.67. The molecule has 7 heteroatoms. The first-order valence-electron chi connectivity index (χ1n) is 8.03. The third kappa shape index (κ3) is 4.45. The zero-order valence-electron chi connectivity index (χ0n) is 13.9. The molecule has 0 aliphatic rings. The van der Waals surface area contributed by atoms with Crippen LogP contribution in [0.5, 0.6) is 0 Å². The lowest BCUT2D eigenvalue weighted by Crippen LogP contribution is -2.31. The predicted molar refractivity (Wildman–Crippen MR) is 97.4 cm³/mol. The number of rotatable bonds is 7. The van der Waals surface area contributed by atoms with Crippen LogP contribution in [-0.4, -0.2) is 42.9 Å². The fourth-order valence-electron chi connectivity index (χ4n) is 2.37. The molecule has 1 aromatic carbocycles. The van der Waals surface area contributed by atoms with E-state index in [0.29, 0.717) is 29.7 Å². The second kappa shape index (κ2) is 8.43. The molecule has 2 aromatic heterocycles. The smallest absolute Gasteiger partial charge is 0.233 e. The molecule has 0 saturated heterocycles. The number of thioether (sulfide) groups is 1. The third-order valence-corrected chi connectivity index (χ3v) is 4.60. The lowest BCUT2D eigenvalue weighted by molar-refractivity contribution is -0.128. The van der Waals surface area contributed by atoms with Crippen molar-refractivity contribution in [1.29, 1.82) is 0 Å². The Balaban J connectivity index is 1.66. The molecular formula is C18H19N5OS. The maximum atomic E-state index is 12.6. The number of carbonyl (C=O) groups is 1. The number of carbonyl (C=O) groups excluding carboxylic acids is 1. The summed E-state index contributed by atoms with van der Waals surface area (Å²) in [6.45, 7) is 3.27. The molecule has 0 saturated carbocycles. The average Bonchev–Trinajstić information content (AvgIpc) is 3.20. The molecule has 0 bridgehead atoms.